The van der Waals surface area contributed by atoms with Crippen molar-refractivity contribution in [1.82, 2.24) is 4.90 Å². The van der Waals surface area contributed by atoms with E-state index in [1.54, 1.807) is 6.07 Å². The number of morpholine rings is 1. The van der Waals surface area contributed by atoms with Crippen molar-refractivity contribution < 1.29 is 19.0 Å². The molecule has 0 spiro atoms. The topological polar surface area (TPSA) is 49.8 Å². The summed E-state index contributed by atoms with van der Waals surface area (Å²) < 4.78 is 20.6. The Morgan fingerprint density at radius 2 is 1.87 bits per heavy atom. The molecule has 1 saturated heterocycles. The molecule has 1 saturated carbocycles. The second-order valence-corrected chi connectivity index (χ2v) is 10.1. The van der Waals surface area contributed by atoms with E-state index in [2.05, 4.69) is 18.7 Å². The molecule has 0 bridgehead atoms. The van der Waals surface area contributed by atoms with Gasteiger partial charge in [0.2, 0.25) is 0 Å². The van der Waals surface area contributed by atoms with Gasteiger partial charge >= 0.3 is 5.97 Å². The summed E-state index contributed by atoms with van der Waals surface area (Å²) in [6.45, 7) is 5.98. The Balaban J connectivity index is 1.56. The van der Waals surface area contributed by atoms with Crippen LogP contribution in [0.2, 0.25) is 10.0 Å². The summed E-state index contributed by atoms with van der Waals surface area (Å²) >= 11 is 12.3. The van der Waals surface area contributed by atoms with Gasteiger partial charge in [-0.3, -0.25) is 4.90 Å². The van der Waals surface area contributed by atoms with Crippen LogP contribution in [-0.4, -0.2) is 40.8 Å². The second kappa shape index (κ2) is 8.70. The Morgan fingerprint density at radius 1 is 1.19 bits per heavy atom. The zero-order valence-corrected chi connectivity index (χ0v) is 19.1. The maximum Gasteiger partial charge on any atom is 0.338 e. The fourth-order valence-corrected chi connectivity index (χ4v) is 4.84. The highest BCUT2D eigenvalue weighted by Gasteiger charge is 2.37. The first kappa shape index (κ1) is 22.5. The van der Waals surface area contributed by atoms with E-state index < -0.39 is 11.8 Å². The molecule has 2 fully saturated rings. The molecule has 4 rings (SSSR count). The summed E-state index contributed by atoms with van der Waals surface area (Å²) in [5, 5.41) is 10.5. The Labute approximate surface area is 191 Å². The van der Waals surface area contributed by atoms with Crippen molar-refractivity contribution >= 4 is 29.2 Å². The summed E-state index contributed by atoms with van der Waals surface area (Å²) in [4.78, 5) is 13.7. The Morgan fingerprint density at radius 3 is 2.48 bits per heavy atom. The Bertz CT molecular complexity index is 986. The van der Waals surface area contributed by atoms with Gasteiger partial charge in [-0.1, -0.05) is 23.2 Å². The molecule has 2 aromatic rings. The minimum Gasteiger partial charge on any atom is -0.478 e. The van der Waals surface area contributed by atoms with Crippen molar-refractivity contribution in [1.29, 1.82) is 0 Å². The maximum atomic E-state index is 14.5. The molecule has 31 heavy (non-hydrogen) atoms. The van der Waals surface area contributed by atoms with Crippen molar-refractivity contribution in [3.63, 3.8) is 0 Å². The predicted octanol–water partition coefficient (Wildman–Crippen LogP) is 5.93. The second-order valence-electron chi connectivity index (χ2n) is 9.22. The van der Waals surface area contributed by atoms with E-state index in [4.69, 9.17) is 27.9 Å². The van der Waals surface area contributed by atoms with Gasteiger partial charge in [-0.2, -0.15) is 0 Å². The molecule has 2 aromatic carbocycles. The summed E-state index contributed by atoms with van der Waals surface area (Å²) in [5.74, 6) is -1.58. The lowest BCUT2D eigenvalue weighted by Gasteiger charge is -2.45. The van der Waals surface area contributed by atoms with Gasteiger partial charge in [0, 0.05) is 28.7 Å². The molecule has 4 nitrogen and oxygen atoms in total. The smallest absolute Gasteiger partial charge is 0.338 e. The van der Waals surface area contributed by atoms with Crippen molar-refractivity contribution in [3.8, 4) is 0 Å². The van der Waals surface area contributed by atoms with Crippen molar-refractivity contribution in [3.05, 3.63) is 68.4 Å². The van der Waals surface area contributed by atoms with Gasteiger partial charge in [-0.15, -0.1) is 0 Å². The van der Waals surface area contributed by atoms with Crippen LogP contribution in [0.3, 0.4) is 0 Å². The average Bonchev–Trinajstić information content (AvgIpc) is 3.49. The number of benzene rings is 2. The largest absolute Gasteiger partial charge is 0.478 e. The summed E-state index contributed by atoms with van der Waals surface area (Å²) in [6, 6.07) is 8.44. The SMILES string of the molecule is CC1(C)COC(Cc2cc(Cl)cc(Cl)c2)CN1Cc1cc(F)c(C(=O)O)cc1C1CC1. The van der Waals surface area contributed by atoms with Gasteiger partial charge in [-0.05, 0) is 86.1 Å². The highest BCUT2D eigenvalue weighted by Crippen LogP contribution is 2.43. The van der Waals surface area contributed by atoms with Crippen LogP contribution in [0.5, 0.6) is 0 Å². The maximum absolute atomic E-state index is 14.5. The van der Waals surface area contributed by atoms with Crippen molar-refractivity contribution in [2.24, 2.45) is 0 Å². The molecule has 1 aliphatic heterocycles. The molecule has 1 heterocycles. The van der Waals surface area contributed by atoms with Crippen LogP contribution in [0.1, 0.15) is 59.7 Å². The highest BCUT2D eigenvalue weighted by molar-refractivity contribution is 6.34. The molecule has 0 aromatic heterocycles. The molecule has 2 aliphatic rings. The van der Waals surface area contributed by atoms with Gasteiger partial charge in [0.1, 0.15) is 5.82 Å². The number of carbonyl (C=O) groups is 1. The van der Waals surface area contributed by atoms with Crippen LogP contribution >= 0.6 is 23.2 Å². The van der Waals surface area contributed by atoms with E-state index in [0.29, 0.717) is 42.1 Å². The quantitative estimate of drug-likeness (QED) is 0.574. The third-order valence-electron chi connectivity index (χ3n) is 6.18. The lowest BCUT2D eigenvalue weighted by atomic mass is 9.94. The highest BCUT2D eigenvalue weighted by atomic mass is 35.5. The molecule has 0 radical (unpaired) electrons. The van der Waals surface area contributed by atoms with Crippen molar-refractivity contribution in [2.75, 3.05) is 13.2 Å². The standard InChI is InChI=1S/C24H26Cl2FNO3/c1-24(2)13-31-19(7-14-5-17(25)9-18(26)6-14)12-28(24)11-16-8-22(27)21(23(29)30)10-20(16)15-3-4-15/h5-6,8-10,15,19H,3-4,7,11-13H2,1-2H3,(H,29,30). The van der Waals surface area contributed by atoms with Crippen molar-refractivity contribution in [2.45, 2.75) is 57.2 Å². The molecular formula is C24H26Cl2FNO3. The first-order chi connectivity index (χ1) is 14.6. The summed E-state index contributed by atoms with van der Waals surface area (Å²) in [5.41, 5.74) is 2.36. The van der Waals surface area contributed by atoms with E-state index >= 15 is 0 Å². The fourth-order valence-electron chi connectivity index (χ4n) is 4.26. The number of halogens is 3. The van der Waals surface area contributed by atoms with Crippen LogP contribution in [-0.2, 0) is 17.7 Å². The van der Waals surface area contributed by atoms with Crippen LogP contribution in [0.15, 0.2) is 30.3 Å². The number of nitrogens with zero attached hydrogens (tertiary/aromatic N) is 1. The zero-order chi connectivity index (χ0) is 22.3. The Hall–Kier alpha value is -1.66. The number of rotatable bonds is 6. The summed E-state index contributed by atoms with van der Waals surface area (Å²) in [6.07, 6.45) is 2.66. The van der Waals surface area contributed by atoms with Crippen LogP contribution < -0.4 is 0 Å². The average molecular weight is 466 g/mol. The van der Waals surface area contributed by atoms with E-state index in [1.807, 2.05) is 12.1 Å². The fraction of sp³-hybridized carbons (Fsp3) is 0.458. The van der Waals surface area contributed by atoms with Gasteiger partial charge in [0.05, 0.1) is 18.3 Å². The summed E-state index contributed by atoms with van der Waals surface area (Å²) in [7, 11) is 0. The lowest BCUT2D eigenvalue weighted by Crippen LogP contribution is -2.56. The molecule has 166 valence electrons. The normalized spacial score (nSPS) is 21.3. The zero-order valence-electron chi connectivity index (χ0n) is 17.6. The van der Waals surface area contributed by atoms with E-state index in [1.165, 1.54) is 12.1 Å². The van der Waals surface area contributed by atoms with Crippen LogP contribution in [0, 0.1) is 5.82 Å². The lowest BCUT2D eigenvalue weighted by molar-refractivity contribution is -0.101. The first-order valence-corrected chi connectivity index (χ1v) is 11.3. The van der Waals surface area contributed by atoms with Crippen LogP contribution in [0.25, 0.3) is 0 Å². The molecule has 1 atom stereocenters. The third-order valence-corrected chi connectivity index (χ3v) is 6.61. The molecule has 1 unspecified atom stereocenters. The van der Waals surface area contributed by atoms with E-state index in [0.717, 1.165) is 29.5 Å². The van der Waals surface area contributed by atoms with Gasteiger partial charge in [-0.25, -0.2) is 9.18 Å². The molecule has 1 aliphatic carbocycles. The number of carboxylic acids is 1. The molecular weight excluding hydrogens is 440 g/mol. The molecule has 7 heteroatoms. The monoisotopic (exact) mass is 465 g/mol. The first-order valence-electron chi connectivity index (χ1n) is 10.5. The van der Waals surface area contributed by atoms with Gasteiger partial charge in [0.15, 0.2) is 0 Å². The number of carboxylic acid groups (broad SMARTS) is 1. The van der Waals surface area contributed by atoms with E-state index in [9.17, 15) is 14.3 Å². The van der Waals surface area contributed by atoms with E-state index in [-0.39, 0.29) is 17.2 Å². The van der Waals surface area contributed by atoms with Crippen LogP contribution in [0.4, 0.5) is 4.39 Å². The molecule has 0 amide bonds. The van der Waals surface area contributed by atoms with Gasteiger partial charge in [0.25, 0.3) is 0 Å². The Kier molecular flexibility index (Phi) is 6.32. The number of hydrogen-bond acceptors (Lipinski definition) is 3. The number of hydrogen-bond donors (Lipinski definition) is 1. The minimum absolute atomic E-state index is 0.0462. The molecule has 1 N–H and O–H groups in total. The predicted molar refractivity (Wildman–Crippen MR) is 120 cm³/mol. The number of ether oxygens (including phenoxy) is 1. The third kappa shape index (κ3) is 5.23. The van der Waals surface area contributed by atoms with Gasteiger partial charge < -0.3 is 9.84 Å². The minimum atomic E-state index is -1.22. The number of aromatic carboxylic acids is 1.